The van der Waals surface area contributed by atoms with Crippen molar-refractivity contribution in [2.24, 2.45) is 5.92 Å². The number of benzene rings is 1. The summed E-state index contributed by atoms with van der Waals surface area (Å²) in [5.41, 5.74) is 1.99. The highest BCUT2D eigenvalue weighted by Gasteiger charge is 2.30. The molecule has 1 fully saturated rings. The fourth-order valence-electron chi connectivity index (χ4n) is 2.40. The van der Waals surface area contributed by atoms with Crippen LogP contribution < -0.4 is 5.32 Å². The lowest BCUT2D eigenvalue weighted by atomic mass is 10.1. The second-order valence-electron chi connectivity index (χ2n) is 6.39. The molecule has 3 nitrogen and oxygen atoms in total. The first-order valence-corrected chi connectivity index (χ1v) is 8.55. The van der Waals surface area contributed by atoms with E-state index < -0.39 is 0 Å². The average molecular weight is 353 g/mol. The average Bonchev–Trinajstić information content (AvgIpc) is 3.22. The third-order valence-electron chi connectivity index (χ3n) is 3.87. The summed E-state index contributed by atoms with van der Waals surface area (Å²) in [4.78, 5) is 14.6. The van der Waals surface area contributed by atoms with E-state index in [1.807, 2.05) is 25.1 Å². The Morgan fingerprint density at radius 1 is 1.43 bits per heavy atom. The molecule has 0 unspecified atom stereocenters. The van der Waals surface area contributed by atoms with Gasteiger partial charge >= 0.3 is 0 Å². The first-order valence-electron chi connectivity index (χ1n) is 7.75. The van der Waals surface area contributed by atoms with Gasteiger partial charge in [0.1, 0.15) is 0 Å². The van der Waals surface area contributed by atoms with Gasteiger partial charge in [-0.05, 0) is 62.4 Å². The molecule has 1 aromatic carbocycles. The maximum atomic E-state index is 12.3. The molecule has 0 aliphatic heterocycles. The topological polar surface area (TPSA) is 32.3 Å². The van der Waals surface area contributed by atoms with E-state index in [4.69, 9.17) is 0 Å². The predicted octanol–water partition coefficient (Wildman–Crippen LogP) is 4.21. The maximum Gasteiger partial charge on any atom is 0.238 e. The Bertz CT molecular complexity index is 498. The van der Waals surface area contributed by atoms with Crippen molar-refractivity contribution in [3.63, 3.8) is 0 Å². The number of nitrogens with zero attached hydrogens (tertiary/aromatic N) is 1. The van der Waals surface area contributed by atoms with Crippen molar-refractivity contribution in [3.8, 4) is 0 Å². The molecule has 116 valence electrons. The molecular formula is C17H25BrN2O. The number of anilines is 1. The first-order chi connectivity index (χ1) is 9.95. The molecule has 0 spiro atoms. The van der Waals surface area contributed by atoms with Gasteiger partial charge in [0.2, 0.25) is 5.91 Å². The van der Waals surface area contributed by atoms with E-state index in [0.29, 0.717) is 18.5 Å². The van der Waals surface area contributed by atoms with Gasteiger partial charge in [-0.1, -0.05) is 29.8 Å². The molecule has 21 heavy (non-hydrogen) atoms. The number of halogens is 1. The number of nitrogens with one attached hydrogen (secondary N) is 1. The predicted molar refractivity (Wildman–Crippen MR) is 91.6 cm³/mol. The van der Waals surface area contributed by atoms with Crippen LogP contribution in [0.25, 0.3) is 0 Å². The molecule has 0 saturated heterocycles. The van der Waals surface area contributed by atoms with E-state index in [1.54, 1.807) is 0 Å². The highest BCUT2D eigenvalue weighted by molar-refractivity contribution is 9.10. The summed E-state index contributed by atoms with van der Waals surface area (Å²) in [6, 6.07) is 6.56. The summed E-state index contributed by atoms with van der Waals surface area (Å²) in [5.74, 6) is 0.777. The van der Waals surface area contributed by atoms with Gasteiger partial charge in [0.05, 0.1) is 6.54 Å². The lowest BCUT2D eigenvalue weighted by Gasteiger charge is -2.22. The second-order valence-corrected chi connectivity index (χ2v) is 7.31. The Balaban J connectivity index is 1.89. The Morgan fingerprint density at radius 2 is 2.14 bits per heavy atom. The van der Waals surface area contributed by atoms with E-state index >= 15 is 0 Å². The molecule has 0 aromatic heterocycles. The van der Waals surface area contributed by atoms with E-state index in [2.05, 4.69) is 40.0 Å². The standard InChI is InChI=1S/C17H25BrN2O/c1-12(2)8-9-20(15-5-6-15)11-17(21)19-16-7-4-14(18)10-13(16)3/h4,7,10,12,15H,5-6,8-9,11H2,1-3H3,(H,19,21). The van der Waals surface area contributed by atoms with Crippen LogP contribution in [0.3, 0.4) is 0 Å². The number of hydrogen-bond donors (Lipinski definition) is 1. The van der Waals surface area contributed by atoms with Crippen molar-refractivity contribution in [2.75, 3.05) is 18.4 Å². The summed E-state index contributed by atoms with van der Waals surface area (Å²) in [6.45, 7) is 8.01. The van der Waals surface area contributed by atoms with Crippen LogP contribution >= 0.6 is 15.9 Å². The second kappa shape index (κ2) is 7.41. The quantitative estimate of drug-likeness (QED) is 0.797. The highest BCUT2D eigenvalue weighted by Crippen LogP contribution is 2.27. The van der Waals surface area contributed by atoms with Crippen LogP contribution in [0.2, 0.25) is 0 Å². The van der Waals surface area contributed by atoms with E-state index in [0.717, 1.165) is 28.7 Å². The highest BCUT2D eigenvalue weighted by atomic mass is 79.9. The lowest BCUT2D eigenvalue weighted by Crippen LogP contribution is -2.36. The summed E-state index contributed by atoms with van der Waals surface area (Å²) >= 11 is 3.44. The van der Waals surface area contributed by atoms with Crippen molar-refractivity contribution < 1.29 is 4.79 Å². The molecule has 1 aliphatic rings. The number of aryl methyl sites for hydroxylation is 1. The summed E-state index contributed by atoms with van der Waals surface area (Å²) in [7, 11) is 0. The zero-order chi connectivity index (χ0) is 15.4. The normalized spacial score (nSPS) is 14.8. The number of carbonyl (C=O) groups excluding carboxylic acids is 1. The summed E-state index contributed by atoms with van der Waals surface area (Å²) in [5, 5.41) is 3.04. The fourth-order valence-corrected chi connectivity index (χ4v) is 2.87. The van der Waals surface area contributed by atoms with Gasteiger partial charge in [-0.3, -0.25) is 9.69 Å². The molecule has 0 bridgehead atoms. The monoisotopic (exact) mass is 352 g/mol. The third-order valence-corrected chi connectivity index (χ3v) is 4.36. The molecule has 2 rings (SSSR count). The van der Waals surface area contributed by atoms with Crippen molar-refractivity contribution in [1.29, 1.82) is 0 Å². The van der Waals surface area contributed by atoms with Crippen molar-refractivity contribution >= 4 is 27.5 Å². The van der Waals surface area contributed by atoms with Crippen LogP contribution in [0.5, 0.6) is 0 Å². The molecule has 1 saturated carbocycles. The summed E-state index contributed by atoms with van der Waals surface area (Å²) in [6.07, 6.45) is 3.63. The number of amides is 1. The van der Waals surface area contributed by atoms with Crippen LogP contribution in [-0.2, 0) is 4.79 Å². The van der Waals surface area contributed by atoms with Gasteiger partial charge in [0.25, 0.3) is 0 Å². The zero-order valence-electron chi connectivity index (χ0n) is 13.2. The van der Waals surface area contributed by atoms with E-state index in [1.165, 1.54) is 12.8 Å². The Morgan fingerprint density at radius 3 is 2.71 bits per heavy atom. The number of rotatable bonds is 7. The Kier molecular flexibility index (Phi) is 5.82. The van der Waals surface area contributed by atoms with Gasteiger partial charge in [-0.25, -0.2) is 0 Å². The lowest BCUT2D eigenvalue weighted by molar-refractivity contribution is -0.117. The Labute approximate surface area is 136 Å². The van der Waals surface area contributed by atoms with Crippen molar-refractivity contribution in [3.05, 3.63) is 28.2 Å². The molecule has 1 aliphatic carbocycles. The molecule has 0 atom stereocenters. The fraction of sp³-hybridized carbons (Fsp3) is 0.588. The van der Waals surface area contributed by atoms with E-state index in [-0.39, 0.29) is 5.91 Å². The molecule has 1 N–H and O–H groups in total. The third kappa shape index (κ3) is 5.44. The molecule has 0 radical (unpaired) electrons. The zero-order valence-corrected chi connectivity index (χ0v) is 14.7. The van der Waals surface area contributed by atoms with Gasteiger partial charge < -0.3 is 5.32 Å². The smallest absolute Gasteiger partial charge is 0.238 e. The van der Waals surface area contributed by atoms with Crippen LogP contribution in [0, 0.1) is 12.8 Å². The van der Waals surface area contributed by atoms with Crippen LogP contribution in [-0.4, -0.2) is 29.9 Å². The molecule has 4 heteroatoms. The van der Waals surface area contributed by atoms with Crippen LogP contribution in [0.15, 0.2) is 22.7 Å². The number of carbonyl (C=O) groups is 1. The van der Waals surface area contributed by atoms with Crippen molar-refractivity contribution in [1.82, 2.24) is 4.90 Å². The minimum absolute atomic E-state index is 0.0936. The molecule has 1 aromatic rings. The molecule has 0 heterocycles. The van der Waals surface area contributed by atoms with Gasteiger partial charge in [0, 0.05) is 16.2 Å². The molecule has 1 amide bonds. The van der Waals surface area contributed by atoms with Gasteiger partial charge in [-0.15, -0.1) is 0 Å². The van der Waals surface area contributed by atoms with Gasteiger partial charge in [0.15, 0.2) is 0 Å². The van der Waals surface area contributed by atoms with Crippen molar-refractivity contribution in [2.45, 2.75) is 46.1 Å². The van der Waals surface area contributed by atoms with Crippen LogP contribution in [0.4, 0.5) is 5.69 Å². The minimum atomic E-state index is 0.0936. The van der Waals surface area contributed by atoms with Crippen LogP contribution in [0.1, 0.15) is 38.7 Å². The maximum absolute atomic E-state index is 12.3. The SMILES string of the molecule is Cc1cc(Br)ccc1NC(=O)CN(CCC(C)C)C1CC1. The molecular weight excluding hydrogens is 328 g/mol. The Hall–Kier alpha value is -0.870. The minimum Gasteiger partial charge on any atom is -0.325 e. The number of hydrogen-bond acceptors (Lipinski definition) is 2. The largest absolute Gasteiger partial charge is 0.325 e. The van der Waals surface area contributed by atoms with Gasteiger partial charge in [-0.2, -0.15) is 0 Å². The van der Waals surface area contributed by atoms with E-state index in [9.17, 15) is 4.79 Å². The first kappa shape index (κ1) is 16.5. The summed E-state index contributed by atoms with van der Waals surface area (Å²) < 4.78 is 1.04.